The maximum absolute atomic E-state index is 15.6. The first-order valence-corrected chi connectivity index (χ1v) is 24.6. The average Bonchev–Trinajstić information content (AvgIpc) is 3.43. The molecule has 76 heavy (non-hydrogen) atoms. The molecule has 0 saturated carbocycles. The van der Waals surface area contributed by atoms with Crippen molar-refractivity contribution in [1.82, 2.24) is 0 Å². The number of alkyl halides is 2. The van der Waals surface area contributed by atoms with Crippen LogP contribution in [0.2, 0.25) is 15.1 Å². The predicted molar refractivity (Wildman–Crippen MR) is 269 cm³/mol. The first kappa shape index (κ1) is 61.9. The van der Waals surface area contributed by atoms with Gasteiger partial charge < -0.3 is 54.2 Å². The van der Waals surface area contributed by atoms with Gasteiger partial charge in [-0.1, -0.05) is 93.6 Å². The molecule has 5 aromatic carbocycles. The SMILES string of the molecule is CON=C[C@@H](F)[C@H](OC(=O)c1ccc(CO)cc1)[C@@H](COC(=O)c1ccc(CO)cc1)OS(=O)(=O)c1cc(Cl)c(Cl)cc1Cl.CON=C[C@@H](F)[C@H](OC(=O)c1ccc(CO)cc1)[C@H](O)COC(=O)c1ccc(CO)cc1. The Hall–Kier alpha value is -6.64. The Balaban J connectivity index is 0.000000346. The number of aliphatic hydroxyl groups excluding tert-OH is 5. The smallest absolute Gasteiger partial charge is 0.338 e. The van der Waals surface area contributed by atoms with E-state index in [9.17, 15) is 47.3 Å². The molecule has 0 unspecified atom stereocenters. The van der Waals surface area contributed by atoms with Gasteiger partial charge in [0.15, 0.2) is 30.7 Å². The Morgan fingerprint density at radius 1 is 0.539 bits per heavy atom. The summed E-state index contributed by atoms with van der Waals surface area (Å²) in [7, 11) is -2.61. The van der Waals surface area contributed by atoms with Gasteiger partial charge in [-0.2, -0.15) is 8.42 Å². The van der Waals surface area contributed by atoms with Gasteiger partial charge in [0.05, 0.1) is 76.2 Å². The second kappa shape index (κ2) is 30.8. The van der Waals surface area contributed by atoms with Gasteiger partial charge in [-0.25, -0.2) is 28.0 Å². The molecule has 0 bridgehead atoms. The number of aliphatic hydroxyl groups is 5. The Morgan fingerprint density at radius 2 is 0.882 bits per heavy atom. The molecule has 5 aromatic rings. The zero-order valence-electron chi connectivity index (χ0n) is 40.0. The molecule has 20 nitrogen and oxygen atoms in total. The molecule has 0 spiro atoms. The summed E-state index contributed by atoms with van der Waals surface area (Å²) in [4.78, 5) is 58.6. The predicted octanol–water partition coefficient (Wildman–Crippen LogP) is 6.14. The van der Waals surface area contributed by atoms with E-state index in [4.69, 9.17) is 68.1 Å². The lowest BCUT2D eigenvalue weighted by atomic mass is 10.1. The highest BCUT2D eigenvalue weighted by molar-refractivity contribution is 7.87. The molecule has 26 heteroatoms. The normalized spacial score (nSPS) is 13.8. The van der Waals surface area contributed by atoms with Crippen molar-refractivity contribution >= 4 is 81.2 Å². The summed E-state index contributed by atoms with van der Waals surface area (Å²) in [5.74, 6) is -3.81. The van der Waals surface area contributed by atoms with Gasteiger partial charge in [-0.05, 0) is 82.9 Å². The number of carbonyl (C=O) groups excluding carboxylic acids is 4. The largest absolute Gasteiger partial charge is 0.459 e. The van der Waals surface area contributed by atoms with Crippen molar-refractivity contribution in [3.8, 4) is 0 Å². The quantitative estimate of drug-likeness (QED) is 0.0109. The number of nitrogens with zero attached hydrogens (tertiary/aromatic N) is 2. The molecule has 408 valence electrons. The zero-order valence-corrected chi connectivity index (χ0v) is 43.1. The highest BCUT2D eigenvalue weighted by atomic mass is 35.5. The zero-order chi connectivity index (χ0) is 56.0. The van der Waals surface area contributed by atoms with E-state index in [1.54, 1.807) is 0 Å². The van der Waals surface area contributed by atoms with E-state index >= 15 is 4.39 Å². The van der Waals surface area contributed by atoms with E-state index < -0.39 is 93.9 Å². The Bertz CT molecular complexity index is 2870. The van der Waals surface area contributed by atoms with Gasteiger partial charge in [-0.15, -0.1) is 0 Å². The molecule has 0 aromatic heterocycles. The van der Waals surface area contributed by atoms with Crippen molar-refractivity contribution in [1.29, 1.82) is 0 Å². The van der Waals surface area contributed by atoms with Crippen molar-refractivity contribution in [2.24, 2.45) is 10.3 Å². The first-order chi connectivity index (χ1) is 36.3. The second-order valence-corrected chi connectivity index (χ2v) is 18.2. The van der Waals surface area contributed by atoms with Crippen molar-refractivity contribution in [2.75, 3.05) is 27.4 Å². The van der Waals surface area contributed by atoms with Crippen LogP contribution in [0.1, 0.15) is 63.7 Å². The molecule has 0 fully saturated rings. The third kappa shape index (κ3) is 18.6. The minimum absolute atomic E-state index is 0.00611. The van der Waals surface area contributed by atoms with Crippen molar-refractivity contribution in [3.05, 3.63) is 169 Å². The van der Waals surface area contributed by atoms with E-state index in [2.05, 4.69) is 20.0 Å². The molecule has 0 aliphatic carbocycles. The maximum Gasteiger partial charge on any atom is 0.338 e. The summed E-state index contributed by atoms with van der Waals surface area (Å²) in [6, 6.07) is 24.6. The van der Waals surface area contributed by atoms with Gasteiger partial charge in [0.1, 0.15) is 38.4 Å². The molecule has 0 radical (unpaired) electrons. The third-order valence-corrected chi connectivity index (χ3v) is 12.7. The van der Waals surface area contributed by atoms with Crippen LogP contribution in [-0.2, 0) is 69.4 Å². The summed E-state index contributed by atoms with van der Waals surface area (Å²) in [6.07, 6.45) is -10.7. The van der Waals surface area contributed by atoms with Crippen LogP contribution in [0.25, 0.3) is 0 Å². The van der Waals surface area contributed by atoms with E-state index in [-0.39, 0.29) is 58.7 Å². The summed E-state index contributed by atoms with van der Waals surface area (Å²) in [6.45, 7) is -2.62. The fraction of sp³-hybridized carbons (Fsp3) is 0.280. The number of hydrogen-bond donors (Lipinski definition) is 5. The van der Waals surface area contributed by atoms with E-state index in [0.29, 0.717) is 34.7 Å². The number of oxime groups is 2. The molecular formula is C50H49Cl3F2N2O18S. The van der Waals surface area contributed by atoms with Crippen molar-refractivity contribution in [3.63, 3.8) is 0 Å². The number of carbonyl (C=O) groups is 4. The van der Waals surface area contributed by atoms with Crippen molar-refractivity contribution < 1.29 is 94.7 Å². The number of esters is 4. The lowest BCUT2D eigenvalue weighted by molar-refractivity contribution is -0.0594. The van der Waals surface area contributed by atoms with Crippen LogP contribution in [0, 0.1) is 0 Å². The fourth-order valence-electron chi connectivity index (χ4n) is 6.15. The summed E-state index contributed by atoms with van der Waals surface area (Å²) >= 11 is 18.0. The Kier molecular flexibility index (Phi) is 25.1. The van der Waals surface area contributed by atoms with Gasteiger partial charge in [0.2, 0.25) is 0 Å². The van der Waals surface area contributed by atoms with Gasteiger partial charge in [-0.3, -0.25) is 4.18 Å². The van der Waals surface area contributed by atoms with Crippen LogP contribution < -0.4 is 0 Å². The van der Waals surface area contributed by atoms with Crippen LogP contribution in [0.15, 0.2) is 124 Å². The minimum atomic E-state index is -4.92. The van der Waals surface area contributed by atoms with E-state index in [0.717, 1.165) is 19.2 Å². The number of halogens is 5. The molecule has 5 N–H and O–H groups in total. The topological polar surface area (TPSA) is 293 Å². The summed E-state index contributed by atoms with van der Waals surface area (Å²) in [5, 5.41) is 52.9. The Morgan fingerprint density at radius 3 is 1.26 bits per heavy atom. The lowest BCUT2D eigenvalue weighted by Crippen LogP contribution is -2.45. The molecule has 5 rings (SSSR count). The summed E-state index contributed by atoms with van der Waals surface area (Å²) in [5.41, 5.74) is 2.28. The average molecular weight is 1140 g/mol. The number of ether oxygens (including phenoxy) is 4. The van der Waals surface area contributed by atoms with Crippen LogP contribution >= 0.6 is 34.8 Å². The molecule has 0 saturated heterocycles. The first-order valence-electron chi connectivity index (χ1n) is 22.0. The van der Waals surface area contributed by atoms with Crippen molar-refractivity contribution in [2.45, 2.75) is 68.1 Å². The van der Waals surface area contributed by atoms with E-state index in [1.807, 2.05) is 0 Å². The van der Waals surface area contributed by atoms with Crippen LogP contribution in [0.4, 0.5) is 8.78 Å². The molecule has 6 atom stereocenters. The second-order valence-electron chi connectivity index (χ2n) is 15.5. The van der Waals surface area contributed by atoms with E-state index in [1.165, 1.54) is 104 Å². The fourth-order valence-corrected chi connectivity index (χ4v) is 8.19. The number of hydrogen-bond acceptors (Lipinski definition) is 20. The Labute approximate surface area is 448 Å². The monoisotopic (exact) mass is 1140 g/mol. The van der Waals surface area contributed by atoms with Gasteiger partial charge >= 0.3 is 23.9 Å². The lowest BCUT2D eigenvalue weighted by Gasteiger charge is -2.27. The molecule has 0 amide bonds. The number of rotatable bonds is 25. The molecule has 0 heterocycles. The highest BCUT2D eigenvalue weighted by Gasteiger charge is 2.40. The van der Waals surface area contributed by atoms with Crippen LogP contribution in [-0.4, -0.2) is 134 Å². The standard InChI is InChI=1S/C28H25Cl3FNO10S.C22H24FNO8/c1-40-33-12-23(32)26(42-28(37)19-8-4-17(14-35)5-9-19)24(15-41-27(36)18-6-2-16(13-34)3-7-18)43-44(38,39)25-11-21(30)20(29)10-22(25)31;1-30-24-10-18(23)20(32-22(29)17-8-4-15(12-26)5-9-17)19(27)13-31-21(28)16-6-2-14(11-25)3-7-16/h2-12,23-24,26,34-35H,13-15H2,1H3;2-10,18-20,25-27H,11-13H2,1H3/t23-,24-,26+;18-,19-,20+/m11/s1. The van der Waals surface area contributed by atoms with Gasteiger partial charge in [0.25, 0.3) is 10.1 Å². The summed E-state index contributed by atoms with van der Waals surface area (Å²) < 4.78 is 82.8. The highest BCUT2D eigenvalue weighted by Crippen LogP contribution is 2.34. The minimum Gasteiger partial charge on any atom is -0.459 e. The molecule has 0 aliphatic rings. The number of benzene rings is 5. The van der Waals surface area contributed by atoms with Crippen LogP contribution in [0.5, 0.6) is 0 Å². The van der Waals surface area contributed by atoms with Crippen LogP contribution in [0.3, 0.4) is 0 Å². The van der Waals surface area contributed by atoms with Gasteiger partial charge in [0, 0.05) is 0 Å². The molecule has 0 aliphatic heterocycles. The third-order valence-electron chi connectivity index (χ3n) is 10.2. The maximum atomic E-state index is 15.6. The molecular weight excluding hydrogens is 1090 g/mol.